The van der Waals surface area contributed by atoms with E-state index >= 15 is 0 Å². The van der Waals surface area contributed by atoms with Crippen LogP contribution in [0.15, 0.2) is 23.1 Å². The van der Waals surface area contributed by atoms with Crippen LogP contribution in [0.3, 0.4) is 0 Å². The van der Waals surface area contributed by atoms with Crippen molar-refractivity contribution in [1.29, 1.82) is 0 Å². The van der Waals surface area contributed by atoms with Crippen LogP contribution in [0.5, 0.6) is 0 Å². The van der Waals surface area contributed by atoms with Crippen LogP contribution < -0.4 is 16.4 Å². The lowest BCUT2D eigenvalue weighted by molar-refractivity contribution is 0.632. The van der Waals surface area contributed by atoms with Crippen LogP contribution in [0.1, 0.15) is 6.92 Å². The van der Waals surface area contributed by atoms with Crippen molar-refractivity contribution in [3.63, 3.8) is 0 Å². The molecule has 1 unspecified atom stereocenters. The number of rotatable bonds is 1. The van der Waals surface area contributed by atoms with Crippen molar-refractivity contribution in [3.8, 4) is 0 Å². The highest BCUT2D eigenvalue weighted by atomic mass is 32.2. The van der Waals surface area contributed by atoms with Crippen molar-refractivity contribution in [2.75, 3.05) is 18.1 Å². The van der Waals surface area contributed by atoms with E-state index in [-0.39, 0.29) is 4.99 Å². The molecule has 3 nitrogen and oxygen atoms in total. The Kier molecular flexibility index (Phi) is 1.89. The zero-order valence-electron chi connectivity index (χ0n) is 7.72. The number of thioether (sulfide) groups is 1. The van der Waals surface area contributed by atoms with Gasteiger partial charge in [0.1, 0.15) is 4.99 Å². The molecule has 0 radical (unpaired) electrons. The fourth-order valence-electron chi connectivity index (χ4n) is 1.34. The average molecular weight is 195 g/mol. The smallest absolute Gasteiger partial charge is 0.138 e. The maximum absolute atomic E-state index is 5.70. The van der Waals surface area contributed by atoms with E-state index in [2.05, 4.69) is 17.6 Å². The van der Waals surface area contributed by atoms with E-state index in [1.807, 2.05) is 25.2 Å². The molecule has 2 rings (SSSR count). The molecule has 70 valence electrons. The van der Waals surface area contributed by atoms with Crippen LogP contribution >= 0.6 is 11.8 Å². The molecule has 4 N–H and O–H groups in total. The first-order valence-corrected chi connectivity index (χ1v) is 5.00. The van der Waals surface area contributed by atoms with Gasteiger partial charge in [0, 0.05) is 10.6 Å². The molecular formula is C9H13N3S. The molecule has 1 aliphatic rings. The first kappa shape index (κ1) is 8.72. The Labute approximate surface area is 82.1 Å². The third kappa shape index (κ3) is 1.47. The van der Waals surface area contributed by atoms with Crippen LogP contribution in [0, 0.1) is 0 Å². The fraction of sp³-hybridized carbons (Fsp3) is 0.333. The van der Waals surface area contributed by atoms with E-state index in [9.17, 15) is 0 Å². The quantitative estimate of drug-likeness (QED) is 0.597. The maximum atomic E-state index is 5.70. The second-order valence-corrected chi connectivity index (χ2v) is 4.73. The zero-order chi connectivity index (χ0) is 9.47. The maximum Gasteiger partial charge on any atom is 0.138 e. The number of fused-ring (bicyclic) bond motifs is 1. The highest BCUT2D eigenvalue weighted by Crippen LogP contribution is 2.44. The van der Waals surface area contributed by atoms with Crippen molar-refractivity contribution in [2.45, 2.75) is 16.8 Å². The van der Waals surface area contributed by atoms with Gasteiger partial charge in [0.15, 0.2) is 0 Å². The SMILES string of the molecule is CNC1(C)Nc2ccc(N)cc2S1. The van der Waals surface area contributed by atoms with E-state index < -0.39 is 0 Å². The summed E-state index contributed by atoms with van der Waals surface area (Å²) in [6.07, 6.45) is 0. The zero-order valence-corrected chi connectivity index (χ0v) is 8.53. The summed E-state index contributed by atoms with van der Waals surface area (Å²) in [6, 6.07) is 5.92. The molecule has 4 heteroatoms. The van der Waals surface area contributed by atoms with Gasteiger partial charge in [-0.15, -0.1) is 0 Å². The van der Waals surface area contributed by atoms with Gasteiger partial charge < -0.3 is 11.1 Å². The Balaban J connectivity index is 2.35. The van der Waals surface area contributed by atoms with E-state index in [4.69, 9.17) is 5.73 Å². The lowest BCUT2D eigenvalue weighted by atomic mass is 10.3. The van der Waals surface area contributed by atoms with Crippen molar-refractivity contribution >= 4 is 23.1 Å². The van der Waals surface area contributed by atoms with Gasteiger partial charge in [0.05, 0.1) is 5.69 Å². The van der Waals surface area contributed by atoms with Crippen molar-refractivity contribution in [1.82, 2.24) is 5.32 Å². The summed E-state index contributed by atoms with van der Waals surface area (Å²) in [7, 11) is 1.94. The molecule has 0 saturated carbocycles. The van der Waals surface area contributed by atoms with Gasteiger partial charge in [-0.2, -0.15) is 0 Å². The lowest BCUT2D eigenvalue weighted by Gasteiger charge is -2.22. The average Bonchev–Trinajstić information content (AvgIpc) is 2.42. The Morgan fingerprint density at radius 1 is 1.54 bits per heavy atom. The van der Waals surface area contributed by atoms with E-state index in [1.165, 1.54) is 4.90 Å². The van der Waals surface area contributed by atoms with E-state index in [0.29, 0.717) is 0 Å². The third-order valence-electron chi connectivity index (χ3n) is 2.17. The number of benzene rings is 1. The molecule has 0 saturated heterocycles. The fourth-order valence-corrected chi connectivity index (χ4v) is 2.47. The number of anilines is 2. The number of hydrogen-bond donors (Lipinski definition) is 3. The number of nitrogens with one attached hydrogen (secondary N) is 2. The summed E-state index contributed by atoms with van der Waals surface area (Å²) in [6.45, 7) is 2.11. The second kappa shape index (κ2) is 2.82. The molecule has 0 bridgehead atoms. The molecule has 0 aromatic heterocycles. The molecule has 1 aromatic carbocycles. The first-order chi connectivity index (χ1) is 6.13. The van der Waals surface area contributed by atoms with E-state index in [1.54, 1.807) is 11.8 Å². The van der Waals surface area contributed by atoms with Gasteiger partial charge >= 0.3 is 0 Å². The third-order valence-corrected chi connectivity index (χ3v) is 3.44. The highest BCUT2D eigenvalue weighted by Gasteiger charge is 2.31. The summed E-state index contributed by atoms with van der Waals surface area (Å²) >= 11 is 1.75. The second-order valence-electron chi connectivity index (χ2n) is 3.27. The van der Waals surface area contributed by atoms with Gasteiger partial charge in [-0.05, 0) is 32.2 Å². The van der Waals surface area contributed by atoms with Crippen LogP contribution in [0.25, 0.3) is 0 Å². The predicted octanol–water partition coefficient (Wildman–Crippen LogP) is 1.68. The molecule has 1 heterocycles. The molecule has 1 atom stereocenters. The molecule has 1 aromatic rings. The van der Waals surface area contributed by atoms with Crippen LogP contribution in [0.4, 0.5) is 11.4 Å². The molecular weight excluding hydrogens is 182 g/mol. The monoisotopic (exact) mass is 195 g/mol. The van der Waals surface area contributed by atoms with Gasteiger partial charge in [0.25, 0.3) is 0 Å². The van der Waals surface area contributed by atoms with Gasteiger partial charge in [0.2, 0.25) is 0 Å². The lowest BCUT2D eigenvalue weighted by Crippen LogP contribution is -2.40. The van der Waals surface area contributed by atoms with Crippen molar-refractivity contribution < 1.29 is 0 Å². The number of nitrogens with two attached hydrogens (primary N) is 1. The summed E-state index contributed by atoms with van der Waals surface area (Å²) in [4.78, 5) is 1.10. The Bertz CT molecular complexity index is 340. The molecule has 1 aliphatic heterocycles. The molecule has 0 aliphatic carbocycles. The van der Waals surface area contributed by atoms with Crippen LogP contribution in [-0.4, -0.2) is 12.0 Å². The summed E-state index contributed by atoms with van der Waals surface area (Å²) in [5, 5.41) is 6.60. The van der Waals surface area contributed by atoms with Crippen LogP contribution in [0.2, 0.25) is 0 Å². The largest absolute Gasteiger partial charge is 0.399 e. The van der Waals surface area contributed by atoms with Gasteiger partial charge in [-0.25, -0.2) is 0 Å². The molecule has 0 spiro atoms. The minimum Gasteiger partial charge on any atom is -0.399 e. The Morgan fingerprint density at radius 3 is 3.00 bits per heavy atom. The Hall–Kier alpha value is -0.870. The van der Waals surface area contributed by atoms with Gasteiger partial charge in [-0.1, -0.05) is 11.8 Å². The Morgan fingerprint density at radius 2 is 2.31 bits per heavy atom. The van der Waals surface area contributed by atoms with E-state index in [0.717, 1.165) is 11.4 Å². The van der Waals surface area contributed by atoms with Crippen LogP contribution in [-0.2, 0) is 0 Å². The van der Waals surface area contributed by atoms with Crippen molar-refractivity contribution in [2.24, 2.45) is 0 Å². The number of hydrogen-bond acceptors (Lipinski definition) is 4. The number of nitrogen functional groups attached to an aromatic ring is 1. The minimum atomic E-state index is -0.101. The minimum absolute atomic E-state index is 0.101. The molecule has 0 fully saturated rings. The predicted molar refractivity (Wildman–Crippen MR) is 57.8 cm³/mol. The molecule has 0 amide bonds. The molecule has 13 heavy (non-hydrogen) atoms. The highest BCUT2D eigenvalue weighted by molar-refractivity contribution is 8.01. The summed E-state index contributed by atoms with van der Waals surface area (Å²) < 4.78 is 0. The first-order valence-electron chi connectivity index (χ1n) is 4.18. The topological polar surface area (TPSA) is 50.1 Å². The van der Waals surface area contributed by atoms with Crippen molar-refractivity contribution in [3.05, 3.63) is 18.2 Å². The van der Waals surface area contributed by atoms with Gasteiger partial charge in [-0.3, -0.25) is 5.32 Å². The standard InChI is InChI=1S/C9H13N3S/c1-9(11-2)12-7-4-3-6(10)5-8(7)13-9/h3-5,11-12H,10H2,1-2H3. The summed E-state index contributed by atoms with van der Waals surface area (Å²) in [5.74, 6) is 0. The normalized spacial score (nSPS) is 25.4. The summed E-state index contributed by atoms with van der Waals surface area (Å²) in [5.41, 5.74) is 7.66.